The molecule has 4 fully saturated rings. The molecule has 1 saturated carbocycles. The number of hydrogen-bond donors (Lipinski definition) is 3. The summed E-state index contributed by atoms with van der Waals surface area (Å²) in [5.41, 5.74) is 5.31. The van der Waals surface area contributed by atoms with Crippen LogP contribution in [0.2, 0.25) is 0 Å². The predicted molar refractivity (Wildman–Crippen MR) is 87.2 cm³/mol. The molecule has 4 rings (SSSR count). The van der Waals surface area contributed by atoms with E-state index in [0.717, 1.165) is 31.3 Å². The van der Waals surface area contributed by atoms with Crippen molar-refractivity contribution in [1.29, 1.82) is 0 Å². The third-order valence-electron chi connectivity index (χ3n) is 4.72. The minimum absolute atomic E-state index is 0.126. The first-order valence-electron chi connectivity index (χ1n) is 8.00. The van der Waals surface area contributed by atoms with E-state index in [2.05, 4.69) is 11.1 Å². The molecule has 4 N–H and O–H groups in total. The smallest absolute Gasteiger partial charge is 0.345 e. The van der Waals surface area contributed by atoms with Crippen molar-refractivity contribution in [2.75, 3.05) is 26.2 Å². The highest BCUT2D eigenvalue weighted by atomic mass is 32.2. The van der Waals surface area contributed by atoms with E-state index in [1.807, 2.05) is 0 Å². The van der Waals surface area contributed by atoms with Crippen LogP contribution in [0.1, 0.15) is 39.0 Å². The van der Waals surface area contributed by atoms with Crippen LogP contribution in [-0.4, -0.2) is 58.7 Å². The van der Waals surface area contributed by atoms with Crippen molar-refractivity contribution in [3.63, 3.8) is 0 Å². The summed E-state index contributed by atoms with van der Waals surface area (Å²) in [6.07, 6.45) is 6.47. The molecule has 0 aromatic carbocycles. The van der Waals surface area contributed by atoms with Gasteiger partial charge in [0.05, 0.1) is 6.04 Å². The molecule has 2 bridgehead atoms. The fourth-order valence-electron chi connectivity index (χ4n) is 3.25. The molecule has 1 spiro atoms. The summed E-state index contributed by atoms with van der Waals surface area (Å²) in [6, 6.07) is 0.00458. The molecule has 0 aromatic heterocycles. The maximum absolute atomic E-state index is 11.4. The van der Waals surface area contributed by atoms with Crippen molar-refractivity contribution in [1.82, 2.24) is 15.3 Å². The second-order valence-electron chi connectivity index (χ2n) is 6.57. The van der Waals surface area contributed by atoms with Crippen molar-refractivity contribution in [3.05, 3.63) is 0 Å². The van der Waals surface area contributed by atoms with E-state index in [-0.39, 0.29) is 30.3 Å². The summed E-state index contributed by atoms with van der Waals surface area (Å²) in [5, 5.41) is 4.57. The lowest BCUT2D eigenvalue weighted by Crippen LogP contribution is -2.57. The van der Waals surface area contributed by atoms with Gasteiger partial charge >= 0.3 is 6.03 Å². The molecule has 3 amide bonds. The topological polar surface area (TPSA) is 108 Å². The number of nitrogens with one attached hydrogen (secondary N) is 1. The van der Waals surface area contributed by atoms with E-state index in [1.165, 1.54) is 44.3 Å². The van der Waals surface area contributed by atoms with Gasteiger partial charge in [0.2, 0.25) is 5.91 Å². The van der Waals surface area contributed by atoms with Crippen molar-refractivity contribution < 1.29 is 18.4 Å². The van der Waals surface area contributed by atoms with Gasteiger partial charge in [-0.05, 0) is 31.1 Å². The number of fused-ring (bicyclic) bond motifs is 2. The number of hydroxylamine groups is 2. The molecular weight excluding hydrogens is 320 g/mol. The highest BCUT2D eigenvalue weighted by Crippen LogP contribution is 2.43. The number of nitrogens with zero attached hydrogens (tertiary/aromatic N) is 2. The standard InChI is InChI=1S/C6H10N2O3S.C6H11N.C2H5NO/c9-6-7-3-1-2-5(4-7)8(6)11-12-10;1-2-6(3-1)4-7-5-6;1-2(3)4/h5,10H,1-4H2;7H,1-5H2;1H3,(H2,3,4)/t5-;;/m1../s1. The van der Waals surface area contributed by atoms with Crippen LogP contribution in [0.3, 0.4) is 0 Å². The molecule has 3 heterocycles. The Labute approximate surface area is 141 Å². The number of urea groups is 1. The van der Waals surface area contributed by atoms with Crippen molar-refractivity contribution in [2.45, 2.75) is 45.1 Å². The van der Waals surface area contributed by atoms with Gasteiger partial charge in [-0.1, -0.05) is 6.42 Å². The van der Waals surface area contributed by atoms with Gasteiger partial charge < -0.3 is 20.5 Å². The first kappa shape index (κ1) is 18.3. The Kier molecular flexibility index (Phi) is 6.51. The molecular formula is C14H26N4O4S. The normalized spacial score (nSPS) is 26.3. The Balaban J connectivity index is 0.000000147. The van der Waals surface area contributed by atoms with E-state index in [4.69, 9.17) is 8.84 Å². The second-order valence-corrected chi connectivity index (χ2v) is 6.87. The zero-order chi connectivity index (χ0) is 16.9. The highest BCUT2D eigenvalue weighted by Gasteiger charge is 2.42. The van der Waals surface area contributed by atoms with Crippen LogP contribution < -0.4 is 11.1 Å². The lowest BCUT2D eigenvalue weighted by atomic mass is 9.65. The highest BCUT2D eigenvalue weighted by molar-refractivity contribution is 7.88. The first-order chi connectivity index (χ1) is 11.0. The molecule has 0 aromatic rings. The van der Waals surface area contributed by atoms with Crippen molar-refractivity contribution in [2.24, 2.45) is 11.1 Å². The maximum atomic E-state index is 11.4. The molecule has 3 aliphatic heterocycles. The first-order valence-corrected chi connectivity index (χ1v) is 8.70. The number of primary amides is 1. The Morgan fingerprint density at radius 2 is 2.09 bits per heavy atom. The largest absolute Gasteiger partial charge is 0.370 e. The summed E-state index contributed by atoms with van der Waals surface area (Å²) in [6.45, 7) is 5.48. The van der Waals surface area contributed by atoms with Gasteiger partial charge in [0.1, 0.15) is 0 Å². The Morgan fingerprint density at radius 1 is 1.43 bits per heavy atom. The van der Waals surface area contributed by atoms with Crippen LogP contribution in [0.25, 0.3) is 0 Å². The van der Waals surface area contributed by atoms with E-state index in [1.54, 1.807) is 4.90 Å². The zero-order valence-corrected chi connectivity index (χ0v) is 14.3. The minimum atomic E-state index is -0.333. The number of rotatable bonds is 2. The van der Waals surface area contributed by atoms with Gasteiger partial charge in [-0.3, -0.25) is 4.79 Å². The Morgan fingerprint density at radius 3 is 2.43 bits per heavy atom. The fourth-order valence-corrected chi connectivity index (χ4v) is 3.51. The van der Waals surface area contributed by atoms with E-state index < -0.39 is 0 Å². The third-order valence-corrected chi connectivity index (χ3v) is 4.94. The number of carbonyl (C=O) groups excluding carboxylic acids is 2. The van der Waals surface area contributed by atoms with Crippen LogP contribution in [0.15, 0.2) is 0 Å². The van der Waals surface area contributed by atoms with Gasteiger partial charge in [-0.2, -0.15) is 9.35 Å². The summed E-state index contributed by atoms with van der Waals surface area (Å²) >= 11 is 0.230. The molecule has 1 aliphatic carbocycles. The van der Waals surface area contributed by atoms with Crippen LogP contribution in [0.4, 0.5) is 4.79 Å². The third kappa shape index (κ3) is 4.72. The maximum Gasteiger partial charge on any atom is 0.345 e. The van der Waals surface area contributed by atoms with Crippen molar-refractivity contribution in [3.8, 4) is 0 Å². The minimum Gasteiger partial charge on any atom is -0.370 e. The lowest BCUT2D eigenvalue weighted by molar-refractivity contribution is -0.115. The summed E-state index contributed by atoms with van der Waals surface area (Å²) in [7, 11) is 0. The summed E-state index contributed by atoms with van der Waals surface area (Å²) in [4.78, 5) is 22.3. The number of amides is 3. The van der Waals surface area contributed by atoms with Crippen LogP contribution >= 0.6 is 12.3 Å². The Hall–Kier alpha value is -1.03. The number of nitrogens with two attached hydrogens (primary N) is 1. The fraction of sp³-hybridized carbons (Fsp3) is 0.857. The SMILES string of the molecule is C1CC2(C1)CNC2.CC(N)=O.O=C1N2CCC[C@H](C2)N1OSO. The predicted octanol–water partition coefficient (Wildman–Crippen LogP) is 1.19. The van der Waals surface area contributed by atoms with E-state index >= 15 is 0 Å². The van der Waals surface area contributed by atoms with Crippen LogP contribution in [-0.2, 0) is 9.08 Å². The van der Waals surface area contributed by atoms with Crippen molar-refractivity contribution >= 4 is 24.3 Å². The van der Waals surface area contributed by atoms with E-state index in [0.29, 0.717) is 0 Å². The summed E-state index contributed by atoms with van der Waals surface area (Å²) in [5.74, 6) is -0.333. The molecule has 132 valence electrons. The van der Waals surface area contributed by atoms with Gasteiger partial charge in [0, 0.05) is 33.1 Å². The molecule has 3 saturated heterocycles. The average molecular weight is 346 g/mol. The zero-order valence-electron chi connectivity index (χ0n) is 13.5. The summed E-state index contributed by atoms with van der Waals surface area (Å²) < 4.78 is 13.2. The molecule has 23 heavy (non-hydrogen) atoms. The molecule has 1 atom stereocenters. The van der Waals surface area contributed by atoms with Crippen LogP contribution in [0.5, 0.6) is 0 Å². The molecule has 0 unspecified atom stereocenters. The molecule has 9 heteroatoms. The monoisotopic (exact) mass is 346 g/mol. The molecule has 0 radical (unpaired) electrons. The number of piperidine rings is 1. The van der Waals surface area contributed by atoms with Gasteiger partial charge in [-0.15, -0.1) is 0 Å². The quantitative estimate of drug-likeness (QED) is 0.648. The molecule has 4 aliphatic rings. The van der Waals surface area contributed by atoms with Gasteiger partial charge in [0.25, 0.3) is 0 Å². The Bertz CT molecular complexity index is 409. The lowest BCUT2D eigenvalue weighted by Gasteiger charge is -2.49. The number of hydrogen-bond acceptors (Lipinski definition) is 6. The van der Waals surface area contributed by atoms with Crippen LogP contribution in [0, 0.1) is 5.41 Å². The van der Waals surface area contributed by atoms with Gasteiger partial charge in [-0.25, -0.2) is 4.79 Å². The van der Waals surface area contributed by atoms with E-state index in [9.17, 15) is 9.59 Å². The average Bonchev–Trinajstić information content (AvgIpc) is 2.60. The van der Waals surface area contributed by atoms with Gasteiger partial charge in [0.15, 0.2) is 12.3 Å². The molecule has 8 nitrogen and oxygen atoms in total. The number of carbonyl (C=O) groups is 2. The second kappa shape index (κ2) is 8.18.